The molecule has 0 aliphatic rings. The second kappa shape index (κ2) is 4.94. The predicted molar refractivity (Wildman–Crippen MR) is 62.8 cm³/mol. The first-order chi connectivity index (χ1) is 7.06. The second-order valence-corrected chi connectivity index (χ2v) is 3.87. The summed E-state index contributed by atoms with van der Waals surface area (Å²) in [4.78, 5) is 13.5. The predicted octanol–water partition coefficient (Wildman–Crippen LogP) is 1.55. The minimum atomic E-state index is -0.128. The zero-order chi connectivity index (χ0) is 11.4. The average Bonchev–Trinajstić information content (AvgIpc) is 2.27. The molecule has 0 aliphatic carbocycles. The third kappa shape index (κ3) is 2.80. The summed E-state index contributed by atoms with van der Waals surface area (Å²) in [7, 11) is 1.78. The van der Waals surface area contributed by atoms with Crippen molar-refractivity contribution in [3.05, 3.63) is 29.8 Å². The molecule has 0 radical (unpaired) electrons. The van der Waals surface area contributed by atoms with Crippen molar-refractivity contribution in [1.82, 2.24) is 0 Å². The van der Waals surface area contributed by atoms with Gasteiger partial charge in [-0.25, -0.2) is 0 Å². The summed E-state index contributed by atoms with van der Waals surface area (Å²) in [5, 5.41) is 0. The van der Waals surface area contributed by atoms with E-state index in [4.69, 9.17) is 5.73 Å². The Labute approximate surface area is 90.9 Å². The first kappa shape index (κ1) is 11.7. The van der Waals surface area contributed by atoms with E-state index < -0.39 is 0 Å². The third-order valence-corrected chi connectivity index (χ3v) is 2.53. The van der Waals surface area contributed by atoms with E-state index in [2.05, 4.69) is 0 Å². The maximum absolute atomic E-state index is 11.8. The highest BCUT2D eigenvalue weighted by Gasteiger charge is 2.16. The highest BCUT2D eigenvalue weighted by Crippen LogP contribution is 2.15. The molecule has 0 saturated heterocycles. The molecule has 2 N–H and O–H groups in total. The van der Waals surface area contributed by atoms with Gasteiger partial charge in [0.05, 0.1) is 0 Å². The van der Waals surface area contributed by atoms with Gasteiger partial charge < -0.3 is 10.6 Å². The van der Waals surface area contributed by atoms with Crippen molar-refractivity contribution in [2.24, 2.45) is 11.7 Å². The van der Waals surface area contributed by atoms with Crippen molar-refractivity contribution in [2.45, 2.75) is 13.8 Å². The van der Waals surface area contributed by atoms with Crippen LogP contribution in [-0.4, -0.2) is 19.5 Å². The molecule has 1 amide bonds. The van der Waals surface area contributed by atoms with Gasteiger partial charge in [-0.1, -0.05) is 24.6 Å². The van der Waals surface area contributed by atoms with Crippen LogP contribution in [0.25, 0.3) is 0 Å². The Kier molecular flexibility index (Phi) is 3.86. The monoisotopic (exact) mass is 206 g/mol. The molecule has 1 aromatic rings. The molecule has 1 unspecified atom stereocenters. The number of benzene rings is 1. The van der Waals surface area contributed by atoms with Gasteiger partial charge in [0.2, 0.25) is 5.91 Å². The highest BCUT2D eigenvalue weighted by atomic mass is 16.2. The summed E-state index contributed by atoms with van der Waals surface area (Å²) < 4.78 is 0. The molecule has 0 aromatic heterocycles. The summed E-state index contributed by atoms with van der Waals surface area (Å²) in [6.07, 6.45) is 0. The number of nitrogens with zero attached hydrogens (tertiary/aromatic N) is 1. The van der Waals surface area contributed by atoms with E-state index in [1.54, 1.807) is 11.9 Å². The van der Waals surface area contributed by atoms with Crippen LogP contribution in [0.3, 0.4) is 0 Å². The maximum atomic E-state index is 11.8. The van der Waals surface area contributed by atoms with E-state index in [1.807, 2.05) is 38.1 Å². The van der Waals surface area contributed by atoms with Gasteiger partial charge in [-0.05, 0) is 19.1 Å². The lowest BCUT2D eigenvalue weighted by molar-refractivity contribution is -0.121. The van der Waals surface area contributed by atoms with Crippen molar-refractivity contribution in [3.8, 4) is 0 Å². The zero-order valence-corrected chi connectivity index (χ0v) is 9.53. The van der Waals surface area contributed by atoms with Crippen molar-refractivity contribution in [2.75, 3.05) is 18.5 Å². The molecule has 1 atom stereocenters. The van der Waals surface area contributed by atoms with Crippen LogP contribution >= 0.6 is 0 Å². The van der Waals surface area contributed by atoms with Gasteiger partial charge in [0.1, 0.15) is 0 Å². The molecule has 82 valence electrons. The lowest BCUT2D eigenvalue weighted by Crippen LogP contribution is -2.35. The summed E-state index contributed by atoms with van der Waals surface area (Å²) in [5.41, 5.74) is 7.56. The normalized spacial score (nSPS) is 12.3. The van der Waals surface area contributed by atoms with Crippen LogP contribution in [0, 0.1) is 12.8 Å². The van der Waals surface area contributed by atoms with Crippen molar-refractivity contribution in [3.63, 3.8) is 0 Å². The van der Waals surface area contributed by atoms with Crippen molar-refractivity contribution >= 4 is 11.6 Å². The van der Waals surface area contributed by atoms with E-state index in [1.165, 1.54) is 5.56 Å². The van der Waals surface area contributed by atoms with E-state index >= 15 is 0 Å². The van der Waals surface area contributed by atoms with Gasteiger partial charge in [0.15, 0.2) is 0 Å². The van der Waals surface area contributed by atoms with Gasteiger partial charge in [0.25, 0.3) is 0 Å². The lowest BCUT2D eigenvalue weighted by Gasteiger charge is -2.20. The van der Waals surface area contributed by atoms with Crippen LogP contribution in [0.2, 0.25) is 0 Å². The molecular weight excluding hydrogens is 188 g/mol. The summed E-state index contributed by atoms with van der Waals surface area (Å²) in [6, 6.07) is 7.87. The number of anilines is 1. The molecule has 0 spiro atoms. The smallest absolute Gasteiger partial charge is 0.230 e. The first-order valence-electron chi connectivity index (χ1n) is 5.10. The summed E-state index contributed by atoms with van der Waals surface area (Å²) >= 11 is 0. The number of hydrogen-bond donors (Lipinski definition) is 1. The summed E-state index contributed by atoms with van der Waals surface area (Å²) in [5.74, 6) is -0.0716. The fourth-order valence-electron chi connectivity index (χ4n) is 1.33. The van der Waals surface area contributed by atoms with Gasteiger partial charge in [0, 0.05) is 25.2 Å². The topological polar surface area (TPSA) is 46.3 Å². The Balaban J connectivity index is 2.80. The van der Waals surface area contributed by atoms with Gasteiger partial charge in [-0.2, -0.15) is 0 Å². The molecule has 3 nitrogen and oxygen atoms in total. The minimum absolute atomic E-state index is 0.0568. The van der Waals surface area contributed by atoms with Crippen LogP contribution in [0.15, 0.2) is 24.3 Å². The highest BCUT2D eigenvalue weighted by molar-refractivity contribution is 5.94. The van der Waals surface area contributed by atoms with Gasteiger partial charge in [-0.3, -0.25) is 4.79 Å². The quantitative estimate of drug-likeness (QED) is 0.815. The molecule has 0 saturated carbocycles. The molecule has 0 bridgehead atoms. The molecule has 15 heavy (non-hydrogen) atoms. The van der Waals surface area contributed by atoms with Crippen LogP contribution < -0.4 is 10.6 Å². The molecule has 0 heterocycles. The average molecular weight is 206 g/mol. The maximum Gasteiger partial charge on any atom is 0.230 e. The number of rotatable bonds is 3. The fraction of sp³-hybridized carbons (Fsp3) is 0.417. The van der Waals surface area contributed by atoms with Crippen LogP contribution in [0.4, 0.5) is 5.69 Å². The molecule has 3 heteroatoms. The lowest BCUT2D eigenvalue weighted by atomic mass is 10.1. The Morgan fingerprint density at radius 3 is 2.40 bits per heavy atom. The van der Waals surface area contributed by atoms with Crippen LogP contribution in [0.5, 0.6) is 0 Å². The van der Waals surface area contributed by atoms with E-state index in [9.17, 15) is 4.79 Å². The van der Waals surface area contributed by atoms with E-state index in [0.717, 1.165) is 5.69 Å². The number of amides is 1. The summed E-state index contributed by atoms with van der Waals surface area (Å²) in [6.45, 7) is 4.25. The number of aryl methyl sites for hydroxylation is 1. The Morgan fingerprint density at radius 2 is 1.93 bits per heavy atom. The number of carbonyl (C=O) groups excluding carboxylic acids is 1. The standard InChI is InChI=1S/C12H18N2O/c1-9-4-6-11(7-5-9)14(3)12(15)10(2)8-13/h4-7,10H,8,13H2,1-3H3. The Hall–Kier alpha value is -1.35. The van der Waals surface area contributed by atoms with Gasteiger partial charge >= 0.3 is 0 Å². The largest absolute Gasteiger partial charge is 0.330 e. The SMILES string of the molecule is Cc1ccc(N(C)C(=O)C(C)CN)cc1. The van der Waals surface area contributed by atoms with Crippen molar-refractivity contribution in [1.29, 1.82) is 0 Å². The number of hydrogen-bond acceptors (Lipinski definition) is 2. The molecule has 0 aliphatic heterocycles. The molecule has 1 aromatic carbocycles. The number of carbonyl (C=O) groups is 1. The molecular formula is C12H18N2O. The zero-order valence-electron chi connectivity index (χ0n) is 9.53. The fourth-order valence-corrected chi connectivity index (χ4v) is 1.33. The minimum Gasteiger partial charge on any atom is -0.330 e. The Morgan fingerprint density at radius 1 is 1.40 bits per heavy atom. The van der Waals surface area contributed by atoms with Crippen molar-refractivity contribution < 1.29 is 4.79 Å². The Bertz CT molecular complexity index is 332. The first-order valence-corrected chi connectivity index (χ1v) is 5.10. The number of nitrogens with two attached hydrogens (primary N) is 1. The third-order valence-electron chi connectivity index (χ3n) is 2.53. The van der Waals surface area contributed by atoms with Crippen LogP contribution in [0.1, 0.15) is 12.5 Å². The molecule has 0 fully saturated rings. The van der Waals surface area contributed by atoms with Crippen LogP contribution in [-0.2, 0) is 4.79 Å². The van der Waals surface area contributed by atoms with Gasteiger partial charge in [-0.15, -0.1) is 0 Å². The molecule has 1 rings (SSSR count). The van der Waals surface area contributed by atoms with E-state index in [0.29, 0.717) is 6.54 Å². The van der Waals surface area contributed by atoms with E-state index in [-0.39, 0.29) is 11.8 Å². The second-order valence-electron chi connectivity index (χ2n) is 3.87.